The van der Waals surface area contributed by atoms with Gasteiger partial charge in [-0.05, 0) is 49.9 Å². The molecule has 4 heterocycles. The molecule has 28 heavy (non-hydrogen) atoms. The van der Waals surface area contributed by atoms with Crippen molar-refractivity contribution in [3.05, 3.63) is 47.5 Å². The van der Waals surface area contributed by atoms with Crippen LogP contribution in [0.4, 0.5) is 19.0 Å². The van der Waals surface area contributed by atoms with Gasteiger partial charge in [-0.3, -0.25) is 0 Å². The van der Waals surface area contributed by atoms with Crippen molar-refractivity contribution in [2.75, 3.05) is 18.0 Å². The number of alkyl halides is 3. The van der Waals surface area contributed by atoms with Crippen LogP contribution in [-0.4, -0.2) is 37.9 Å². The second-order valence-electron chi connectivity index (χ2n) is 7.49. The summed E-state index contributed by atoms with van der Waals surface area (Å²) in [6.07, 6.45) is 0.701. The first-order chi connectivity index (χ1) is 13.5. The van der Waals surface area contributed by atoms with Crippen molar-refractivity contribution in [1.82, 2.24) is 24.8 Å². The van der Waals surface area contributed by atoms with E-state index in [0.29, 0.717) is 37.5 Å². The Labute approximate surface area is 159 Å². The summed E-state index contributed by atoms with van der Waals surface area (Å²) in [5, 5.41) is 13.3. The van der Waals surface area contributed by atoms with E-state index in [0.717, 1.165) is 17.6 Å². The zero-order valence-corrected chi connectivity index (χ0v) is 15.1. The van der Waals surface area contributed by atoms with E-state index in [4.69, 9.17) is 5.10 Å². The van der Waals surface area contributed by atoms with E-state index in [9.17, 15) is 13.2 Å². The van der Waals surface area contributed by atoms with Crippen LogP contribution in [0.5, 0.6) is 0 Å². The van der Waals surface area contributed by atoms with Gasteiger partial charge >= 0.3 is 6.18 Å². The summed E-state index contributed by atoms with van der Waals surface area (Å²) in [5.41, 5.74) is 1.09. The topological polar surface area (TPSA) is 59.2 Å². The molecule has 3 aromatic rings. The molecule has 0 aromatic carbocycles. The van der Waals surface area contributed by atoms with Crippen LogP contribution in [0.15, 0.2) is 30.5 Å². The van der Waals surface area contributed by atoms with Gasteiger partial charge in [-0.15, -0.1) is 10.2 Å². The number of rotatable bonds is 3. The van der Waals surface area contributed by atoms with Crippen LogP contribution < -0.4 is 4.90 Å². The highest BCUT2D eigenvalue weighted by Crippen LogP contribution is 2.39. The molecule has 1 aliphatic heterocycles. The molecule has 0 unspecified atom stereocenters. The summed E-state index contributed by atoms with van der Waals surface area (Å²) in [6.45, 7) is 0.976. The van der Waals surface area contributed by atoms with Gasteiger partial charge in [-0.2, -0.15) is 22.8 Å². The molecular weight excluding hydrogens is 369 g/mol. The largest absolute Gasteiger partial charge is 0.419 e. The Bertz CT molecular complexity index is 1000. The van der Waals surface area contributed by atoms with Crippen molar-refractivity contribution in [3.63, 3.8) is 0 Å². The number of pyridine rings is 1. The van der Waals surface area contributed by atoms with E-state index in [1.807, 2.05) is 16.6 Å². The number of aromatic nitrogens is 5. The Balaban J connectivity index is 1.37. The fourth-order valence-corrected chi connectivity index (χ4v) is 3.89. The Kier molecular flexibility index (Phi) is 3.99. The lowest BCUT2D eigenvalue weighted by Crippen LogP contribution is -2.35. The van der Waals surface area contributed by atoms with Crippen molar-refractivity contribution >= 4 is 11.5 Å². The quantitative estimate of drug-likeness (QED) is 0.683. The molecule has 0 bridgehead atoms. The van der Waals surface area contributed by atoms with Gasteiger partial charge in [-0.25, -0.2) is 4.98 Å². The second kappa shape index (κ2) is 6.42. The van der Waals surface area contributed by atoms with Gasteiger partial charge in [-0.1, -0.05) is 0 Å². The van der Waals surface area contributed by atoms with Gasteiger partial charge in [0.15, 0.2) is 11.5 Å². The molecule has 1 saturated heterocycles. The van der Waals surface area contributed by atoms with E-state index >= 15 is 0 Å². The number of nitrogens with zero attached hydrogens (tertiary/aromatic N) is 6. The third-order valence-electron chi connectivity index (χ3n) is 5.55. The summed E-state index contributed by atoms with van der Waals surface area (Å²) in [6, 6.07) is 6.36. The monoisotopic (exact) mass is 388 g/mol. The molecule has 1 aliphatic carbocycles. The Morgan fingerprint density at radius 2 is 1.71 bits per heavy atom. The maximum Gasteiger partial charge on any atom is 0.419 e. The highest BCUT2D eigenvalue weighted by atomic mass is 19.4. The molecular formula is C19H19F3N6. The molecule has 3 aromatic heterocycles. The van der Waals surface area contributed by atoms with Crippen LogP contribution >= 0.6 is 0 Å². The first-order valence-electron chi connectivity index (χ1n) is 9.50. The first kappa shape index (κ1) is 17.4. The maximum absolute atomic E-state index is 13.3. The van der Waals surface area contributed by atoms with Crippen molar-refractivity contribution < 1.29 is 13.2 Å². The zero-order chi connectivity index (χ0) is 19.3. The van der Waals surface area contributed by atoms with Gasteiger partial charge in [0.05, 0.1) is 11.3 Å². The van der Waals surface area contributed by atoms with Crippen molar-refractivity contribution in [3.8, 4) is 0 Å². The minimum Gasteiger partial charge on any atom is -0.356 e. The molecule has 0 spiro atoms. The number of anilines is 1. The second-order valence-corrected chi connectivity index (χ2v) is 7.49. The molecule has 2 aliphatic rings. The minimum atomic E-state index is -4.41. The standard InChI is InChI=1S/C19H19F3N6/c20-19(21,22)14-2-1-9-23-18(14)27-10-7-13(8-11-27)17-25-24-16-6-5-15(12-3-4-12)26-28(16)17/h1-2,5-6,9,12-13H,3-4,7-8,10-11H2. The number of hydrogen-bond donors (Lipinski definition) is 0. The molecule has 6 nitrogen and oxygen atoms in total. The van der Waals surface area contributed by atoms with Crippen LogP contribution in [0.1, 0.15) is 54.6 Å². The van der Waals surface area contributed by atoms with Crippen LogP contribution in [-0.2, 0) is 6.18 Å². The normalized spacial score (nSPS) is 18.8. The van der Waals surface area contributed by atoms with Crippen molar-refractivity contribution in [2.24, 2.45) is 0 Å². The van der Waals surface area contributed by atoms with E-state index in [-0.39, 0.29) is 11.7 Å². The molecule has 0 atom stereocenters. The third-order valence-corrected chi connectivity index (χ3v) is 5.55. The lowest BCUT2D eigenvalue weighted by Gasteiger charge is -2.33. The summed E-state index contributed by atoms with van der Waals surface area (Å²) in [4.78, 5) is 5.72. The number of hydrogen-bond acceptors (Lipinski definition) is 5. The van der Waals surface area contributed by atoms with Crippen LogP contribution in [0, 0.1) is 0 Å². The highest BCUT2D eigenvalue weighted by molar-refractivity contribution is 5.49. The van der Waals surface area contributed by atoms with Crippen molar-refractivity contribution in [1.29, 1.82) is 0 Å². The summed E-state index contributed by atoms with van der Waals surface area (Å²) in [5.74, 6) is 1.46. The van der Waals surface area contributed by atoms with Gasteiger partial charge in [0.25, 0.3) is 0 Å². The fraction of sp³-hybridized carbons (Fsp3) is 0.474. The molecule has 9 heteroatoms. The SMILES string of the molecule is FC(F)(F)c1cccnc1N1CCC(c2nnc3ccc(C4CC4)nn23)CC1. The van der Waals surface area contributed by atoms with E-state index in [1.165, 1.54) is 25.1 Å². The van der Waals surface area contributed by atoms with Crippen LogP contribution in [0.3, 0.4) is 0 Å². The molecule has 2 fully saturated rings. The maximum atomic E-state index is 13.3. The zero-order valence-electron chi connectivity index (χ0n) is 15.1. The highest BCUT2D eigenvalue weighted by Gasteiger charge is 2.37. The summed E-state index contributed by atoms with van der Waals surface area (Å²) in [7, 11) is 0. The predicted octanol–water partition coefficient (Wildman–Crippen LogP) is 3.80. The van der Waals surface area contributed by atoms with E-state index in [1.54, 1.807) is 4.90 Å². The summed E-state index contributed by atoms with van der Waals surface area (Å²) >= 11 is 0. The Morgan fingerprint density at radius 1 is 0.929 bits per heavy atom. The van der Waals surface area contributed by atoms with Gasteiger partial charge in [0.2, 0.25) is 0 Å². The summed E-state index contributed by atoms with van der Waals surface area (Å²) < 4.78 is 41.7. The molecule has 0 amide bonds. The molecule has 5 rings (SSSR count). The number of halogens is 3. The van der Waals surface area contributed by atoms with Crippen LogP contribution in [0.2, 0.25) is 0 Å². The molecule has 0 N–H and O–H groups in total. The lowest BCUT2D eigenvalue weighted by molar-refractivity contribution is -0.137. The first-order valence-corrected chi connectivity index (χ1v) is 9.50. The number of piperidine rings is 1. The van der Waals surface area contributed by atoms with Crippen molar-refractivity contribution in [2.45, 2.75) is 43.7 Å². The average molecular weight is 388 g/mol. The number of fused-ring (bicyclic) bond motifs is 1. The Hall–Kier alpha value is -2.71. The third kappa shape index (κ3) is 3.08. The van der Waals surface area contributed by atoms with Gasteiger partial charge in [0, 0.05) is 31.1 Å². The minimum absolute atomic E-state index is 0.00805. The molecule has 146 valence electrons. The van der Waals surface area contributed by atoms with E-state index in [2.05, 4.69) is 15.2 Å². The predicted molar refractivity (Wildman–Crippen MR) is 96.2 cm³/mol. The van der Waals surface area contributed by atoms with Crippen LogP contribution in [0.25, 0.3) is 5.65 Å². The van der Waals surface area contributed by atoms with Gasteiger partial charge in [0.1, 0.15) is 5.82 Å². The smallest absolute Gasteiger partial charge is 0.356 e. The lowest BCUT2D eigenvalue weighted by atomic mass is 9.96. The van der Waals surface area contributed by atoms with E-state index < -0.39 is 11.7 Å². The van der Waals surface area contributed by atoms with Gasteiger partial charge < -0.3 is 4.90 Å². The average Bonchev–Trinajstić information content (AvgIpc) is 3.47. The molecule has 0 radical (unpaired) electrons. The Morgan fingerprint density at radius 3 is 2.43 bits per heavy atom. The fourth-order valence-electron chi connectivity index (χ4n) is 3.89. The molecule has 1 saturated carbocycles.